The van der Waals surface area contributed by atoms with E-state index in [0.29, 0.717) is 28.5 Å². The van der Waals surface area contributed by atoms with Crippen LogP contribution in [0.3, 0.4) is 0 Å². The van der Waals surface area contributed by atoms with Gasteiger partial charge in [-0.2, -0.15) is 0 Å². The summed E-state index contributed by atoms with van der Waals surface area (Å²) in [5.74, 6) is 1.92. The molecule has 0 aliphatic rings. The maximum absolute atomic E-state index is 14.7. The maximum atomic E-state index is 14.7. The molecule has 0 N–H and O–H groups in total. The number of fused-ring (bicyclic) bond motifs is 1. The first-order valence-electron chi connectivity index (χ1n) is 12.1. The van der Waals surface area contributed by atoms with Crippen LogP contribution in [0, 0.1) is 40.9 Å². The Bertz CT molecular complexity index is 1460. The van der Waals surface area contributed by atoms with Crippen molar-refractivity contribution in [2.24, 2.45) is 0 Å². The highest BCUT2D eigenvalue weighted by molar-refractivity contribution is 5.84. The van der Waals surface area contributed by atoms with E-state index in [1.54, 1.807) is 24.3 Å². The minimum absolute atomic E-state index is 0.0620. The molecule has 0 saturated heterocycles. The molecule has 190 valence electrons. The van der Waals surface area contributed by atoms with Crippen molar-refractivity contribution in [3.63, 3.8) is 0 Å². The van der Waals surface area contributed by atoms with Crippen molar-refractivity contribution in [1.29, 1.82) is 0 Å². The zero-order valence-corrected chi connectivity index (χ0v) is 20.3. The van der Waals surface area contributed by atoms with Gasteiger partial charge in [0.05, 0.1) is 12.2 Å². The second-order valence-electron chi connectivity index (χ2n) is 8.81. The second-order valence-corrected chi connectivity index (χ2v) is 8.81. The lowest BCUT2D eigenvalue weighted by molar-refractivity contribution is 0.302. The molecule has 0 aromatic heterocycles. The molecule has 0 heterocycles. The van der Waals surface area contributed by atoms with E-state index in [1.807, 2.05) is 0 Å². The Labute approximate surface area is 212 Å². The van der Waals surface area contributed by atoms with E-state index in [0.717, 1.165) is 31.4 Å². The number of unbranched alkanes of at least 4 members (excludes halogenated alkanes) is 2. The molecule has 4 aromatic carbocycles. The van der Waals surface area contributed by atoms with Gasteiger partial charge in [0.2, 0.25) is 0 Å². The SMILES string of the molecule is CCCCCOc1cc(F)c(CCc2ccc(C#Cc3ccc4cc(F)c(F)cc4c3)c(F)c2)c(F)c1. The van der Waals surface area contributed by atoms with Gasteiger partial charge in [0, 0.05) is 23.3 Å². The quantitative estimate of drug-likeness (QED) is 0.132. The van der Waals surface area contributed by atoms with Gasteiger partial charge in [-0.25, -0.2) is 22.0 Å². The first kappa shape index (κ1) is 26.2. The number of ether oxygens (including phenoxy) is 1. The molecule has 0 unspecified atom stereocenters. The average Bonchev–Trinajstić information content (AvgIpc) is 2.86. The normalized spacial score (nSPS) is 10.9. The summed E-state index contributed by atoms with van der Waals surface area (Å²) in [6.45, 7) is 2.46. The molecule has 0 aliphatic carbocycles. The highest BCUT2D eigenvalue weighted by Crippen LogP contribution is 2.23. The van der Waals surface area contributed by atoms with Crippen molar-refractivity contribution in [1.82, 2.24) is 0 Å². The van der Waals surface area contributed by atoms with Crippen LogP contribution in [-0.2, 0) is 12.8 Å². The van der Waals surface area contributed by atoms with Crippen molar-refractivity contribution in [2.75, 3.05) is 6.61 Å². The van der Waals surface area contributed by atoms with Crippen LogP contribution in [0.1, 0.15) is 48.4 Å². The van der Waals surface area contributed by atoms with E-state index in [1.165, 1.54) is 24.3 Å². The number of rotatable bonds is 8. The first-order valence-corrected chi connectivity index (χ1v) is 12.1. The number of benzene rings is 4. The predicted octanol–water partition coefficient (Wildman–Crippen LogP) is 8.29. The first-order chi connectivity index (χ1) is 17.8. The van der Waals surface area contributed by atoms with Gasteiger partial charge in [-0.3, -0.25) is 0 Å². The third-order valence-corrected chi connectivity index (χ3v) is 6.05. The molecule has 4 aromatic rings. The number of aryl methyl sites for hydroxylation is 1. The van der Waals surface area contributed by atoms with E-state index < -0.39 is 29.1 Å². The van der Waals surface area contributed by atoms with Crippen LogP contribution in [0.2, 0.25) is 0 Å². The lowest BCUT2D eigenvalue weighted by atomic mass is 10.0. The molecule has 37 heavy (non-hydrogen) atoms. The fraction of sp³-hybridized carbons (Fsp3) is 0.226. The zero-order valence-electron chi connectivity index (χ0n) is 20.3. The van der Waals surface area contributed by atoms with Gasteiger partial charge in [-0.15, -0.1) is 0 Å². The summed E-state index contributed by atoms with van der Waals surface area (Å²) in [6.07, 6.45) is 3.12. The zero-order chi connectivity index (χ0) is 26.4. The average molecular weight is 509 g/mol. The van der Waals surface area contributed by atoms with Gasteiger partial charge in [0.15, 0.2) is 11.6 Å². The second kappa shape index (κ2) is 11.9. The minimum atomic E-state index is -0.953. The summed E-state index contributed by atoms with van der Waals surface area (Å²) in [6, 6.07) is 13.9. The highest BCUT2D eigenvalue weighted by atomic mass is 19.2. The highest BCUT2D eigenvalue weighted by Gasteiger charge is 2.13. The van der Waals surface area contributed by atoms with E-state index in [4.69, 9.17) is 4.74 Å². The monoisotopic (exact) mass is 508 g/mol. The largest absolute Gasteiger partial charge is 0.493 e. The third kappa shape index (κ3) is 6.68. The van der Waals surface area contributed by atoms with Crippen molar-refractivity contribution in [3.05, 3.63) is 112 Å². The lowest BCUT2D eigenvalue weighted by Crippen LogP contribution is -2.03. The van der Waals surface area contributed by atoms with Gasteiger partial charge in [0.25, 0.3) is 0 Å². The Morgan fingerprint density at radius 3 is 2.08 bits per heavy atom. The van der Waals surface area contributed by atoms with E-state index in [2.05, 4.69) is 18.8 Å². The number of hydrogen-bond donors (Lipinski definition) is 0. The standard InChI is InChI=1S/C31H25F5O/c1-2-3-4-13-37-25-18-28(33)26(29(34)19-25)12-8-21-6-10-22(27(32)15-21)9-5-20-7-11-23-16-30(35)31(36)17-24(23)14-20/h6-7,10-11,14-19H,2-4,8,12-13H2,1H3. The fourth-order valence-electron chi connectivity index (χ4n) is 3.99. The van der Waals surface area contributed by atoms with Gasteiger partial charge in [-0.1, -0.05) is 43.7 Å². The van der Waals surface area contributed by atoms with Crippen molar-refractivity contribution in [2.45, 2.75) is 39.0 Å². The van der Waals surface area contributed by atoms with E-state index in [9.17, 15) is 22.0 Å². The van der Waals surface area contributed by atoms with Crippen LogP contribution in [0.15, 0.2) is 60.7 Å². The van der Waals surface area contributed by atoms with Crippen LogP contribution in [0.4, 0.5) is 22.0 Å². The number of halogens is 5. The summed E-state index contributed by atoms with van der Waals surface area (Å²) < 4.78 is 75.9. The molecule has 0 radical (unpaired) electrons. The summed E-state index contributed by atoms with van der Waals surface area (Å²) in [5.41, 5.74) is 1.17. The molecule has 0 amide bonds. The molecular weight excluding hydrogens is 483 g/mol. The van der Waals surface area contributed by atoms with Crippen molar-refractivity contribution in [3.8, 4) is 17.6 Å². The van der Waals surface area contributed by atoms with Gasteiger partial charge in [0.1, 0.15) is 23.2 Å². The van der Waals surface area contributed by atoms with Gasteiger partial charge < -0.3 is 4.74 Å². The van der Waals surface area contributed by atoms with E-state index in [-0.39, 0.29) is 29.7 Å². The number of hydrogen-bond acceptors (Lipinski definition) is 1. The Balaban J connectivity index is 1.42. The van der Waals surface area contributed by atoms with Crippen LogP contribution in [0.5, 0.6) is 5.75 Å². The van der Waals surface area contributed by atoms with Crippen LogP contribution < -0.4 is 4.74 Å². The smallest absolute Gasteiger partial charge is 0.159 e. The molecule has 0 aliphatic heterocycles. The molecule has 0 atom stereocenters. The predicted molar refractivity (Wildman–Crippen MR) is 135 cm³/mol. The maximum Gasteiger partial charge on any atom is 0.159 e. The van der Waals surface area contributed by atoms with Crippen molar-refractivity contribution < 1.29 is 26.7 Å². The summed E-state index contributed by atoms with van der Waals surface area (Å²) in [5, 5.41) is 1.01. The van der Waals surface area contributed by atoms with E-state index >= 15 is 0 Å². The molecule has 0 bridgehead atoms. The molecule has 1 nitrogen and oxygen atoms in total. The molecule has 4 rings (SSSR count). The van der Waals surface area contributed by atoms with Gasteiger partial charge in [-0.05, 0) is 72.0 Å². The Hall–Kier alpha value is -3.85. The Morgan fingerprint density at radius 1 is 0.649 bits per heavy atom. The molecule has 0 spiro atoms. The fourth-order valence-corrected chi connectivity index (χ4v) is 3.99. The Morgan fingerprint density at radius 2 is 1.38 bits per heavy atom. The lowest BCUT2D eigenvalue weighted by Gasteiger charge is -2.10. The molecular formula is C31H25F5O. The molecule has 6 heteroatoms. The summed E-state index contributed by atoms with van der Waals surface area (Å²) in [4.78, 5) is 0. The summed E-state index contributed by atoms with van der Waals surface area (Å²) in [7, 11) is 0. The molecule has 0 saturated carbocycles. The van der Waals surface area contributed by atoms with Crippen LogP contribution in [-0.4, -0.2) is 6.61 Å². The summed E-state index contributed by atoms with van der Waals surface area (Å²) >= 11 is 0. The van der Waals surface area contributed by atoms with Crippen molar-refractivity contribution >= 4 is 10.8 Å². The third-order valence-electron chi connectivity index (χ3n) is 6.05. The topological polar surface area (TPSA) is 9.23 Å². The minimum Gasteiger partial charge on any atom is -0.493 e. The van der Waals surface area contributed by atoms with Crippen LogP contribution >= 0.6 is 0 Å². The Kier molecular flexibility index (Phi) is 8.45. The molecule has 0 fully saturated rings. The van der Waals surface area contributed by atoms with Crippen LogP contribution in [0.25, 0.3) is 10.8 Å². The van der Waals surface area contributed by atoms with Gasteiger partial charge >= 0.3 is 0 Å².